The molecule has 0 unspecified atom stereocenters. The fourth-order valence-corrected chi connectivity index (χ4v) is 2.73. The Bertz CT molecular complexity index is 973. The van der Waals surface area contributed by atoms with Crippen LogP contribution in [0.3, 0.4) is 0 Å². The van der Waals surface area contributed by atoms with Gasteiger partial charge in [0.05, 0.1) is 10.6 Å². The van der Waals surface area contributed by atoms with Gasteiger partial charge in [-0.25, -0.2) is 0 Å². The van der Waals surface area contributed by atoms with Gasteiger partial charge >= 0.3 is 6.18 Å². The summed E-state index contributed by atoms with van der Waals surface area (Å²) in [4.78, 5) is 16.2. The fourth-order valence-electron chi connectivity index (χ4n) is 2.51. The fraction of sp³-hybridized carbons (Fsp3) is 0.211. The average Bonchev–Trinajstić information content (AvgIpc) is 3.10. The van der Waals surface area contributed by atoms with E-state index in [0.717, 1.165) is 12.1 Å². The van der Waals surface area contributed by atoms with Crippen LogP contribution in [0, 0.1) is 0 Å². The van der Waals surface area contributed by atoms with Gasteiger partial charge in [-0.3, -0.25) is 4.79 Å². The van der Waals surface area contributed by atoms with Gasteiger partial charge in [0.2, 0.25) is 17.6 Å². The lowest BCUT2D eigenvalue weighted by Crippen LogP contribution is -2.13. The van der Waals surface area contributed by atoms with Gasteiger partial charge in [0, 0.05) is 24.1 Å². The Labute approximate surface area is 163 Å². The number of anilines is 1. The van der Waals surface area contributed by atoms with Crippen molar-refractivity contribution >= 4 is 23.2 Å². The molecule has 0 aliphatic carbocycles. The first-order chi connectivity index (χ1) is 13.3. The van der Waals surface area contributed by atoms with Crippen LogP contribution >= 0.6 is 11.6 Å². The zero-order chi connectivity index (χ0) is 20.1. The maximum Gasteiger partial charge on any atom is 0.416 e. The molecule has 28 heavy (non-hydrogen) atoms. The quantitative estimate of drug-likeness (QED) is 0.594. The number of nitrogens with one attached hydrogen (secondary N) is 1. The van der Waals surface area contributed by atoms with Crippen LogP contribution in [0.2, 0.25) is 5.02 Å². The molecule has 1 N–H and O–H groups in total. The summed E-state index contributed by atoms with van der Waals surface area (Å²) in [6, 6.07) is 11.6. The maximum absolute atomic E-state index is 12.7. The molecule has 2 aromatic carbocycles. The van der Waals surface area contributed by atoms with Crippen molar-refractivity contribution in [1.29, 1.82) is 0 Å². The van der Waals surface area contributed by atoms with E-state index >= 15 is 0 Å². The lowest BCUT2D eigenvalue weighted by molar-refractivity contribution is -0.137. The molecule has 3 rings (SSSR count). The van der Waals surface area contributed by atoms with Gasteiger partial charge < -0.3 is 9.84 Å². The lowest BCUT2D eigenvalue weighted by Gasteiger charge is -2.09. The molecule has 5 nitrogen and oxygen atoms in total. The van der Waals surface area contributed by atoms with Crippen molar-refractivity contribution in [3.8, 4) is 11.4 Å². The number of amides is 1. The van der Waals surface area contributed by atoms with Crippen LogP contribution in [-0.4, -0.2) is 16.0 Å². The predicted octanol–water partition coefficient (Wildman–Crippen LogP) is 5.37. The Morgan fingerprint density at radius 1 is 1.14 bits per heavy atom. The van der Waals surface area contributed by atoms with Gasteiger partial charge in [0.1, 0.15) is 0 Å². The van der Waals surface area contributed by atoms with E-state index in [4.69, 9.17) is 16.1 Å². The minimum atomic E-state index is -4.46. The van der Waals surface area contributed by atoms with Crippen LogP contribution in [-0.2, 0) is 17.4 Å². The molecule has 0 aliphatic heterocycles. The second kappa shape index (κ2) is 8.43. The Hall–Kier alpha value is -2.87. The molecule has 0 fully saturated rings. The van der Waals surface area contributed by atoms with Crippen molar-refractivity contribution < 1.29 is 22.5 Å². The monoisotopic (exact) mass is 409 g/mol. The van der Waals surface area contributed by atoms with Crippen molar-refractivity contribution in [3.63, 3.8) is 0 Å². The Morgan fingerprint density at radius 3 is 2.68 bits per heavy atom. The molecule has 0 radical (unpaired) electrons. The molecule has 3 aromatic rings. The van der Waals surface area contributed by atoms with Crippen molar-refractivity contribution in [2.75, 3.05) is 5.32 Å². The second-order valence-electron chi connectivity index (χ2n) is 5.97. The molecule has 1 heterocycles. The Balaban J connectivity index is 1.52. The molecule has 0 saturated heterocycles. The highest BCUT2D eigenvalue weighted by molar-refractivity contribution is 6.33. The van der Waals surface area contributed by atoms with E-state index in [9.17, 15) is 18.0 Å². The molecule has 146 valence electrons. The number of alkyl halides is 3. The van der Waals surface area contributed by atoms with E-state index < -0.39 is 17.6 Å². The summed E-state index contributed by atoms with van der Waals surface area (Å²) < 4.78 is 43.3. The molecule has 0 aliphatic rings. The van der Waals surface area contributed by atoms with E-state index in [2.05, 4.69) is 15.5 Å². The third-order valence-corrected chi connectivity index (χ3v) is 4.18. The molecule has 1 amide bonds. The molecular weight excluding hydrogens is 395 g/mol. The van der Waals surface area contributed by atoms with Gasteiger partial charge in [-0.05, 0) is 36.8 Å². The van der Waals surface area contributed by atoms with Crippen molar-refractivity contribution in [2.45, 2.75) is 25.4 Å². The number of aromatic nitrogens is 2. The minimum absolute atomic E-state index is 0.0959. The highest BCUT2D eigenvalue weighted by Crippen LogP contribution is 2.30. The zero-order valence-corrected chi connectivity index (χ0v) is 15.2. The number of rotatable bonds is 6. The number of aryl methyl sites for hydroxylation is 1. The molecule has 0 bridgehead atoms. The van der Waals surface area contributed by atoms with Crippen LogP contribution in [0.25, 0.3) is 11.4 Å². The van der Waals surface area contributed by atoms with E-state index in [1.54, 1.807) is 24.3 Å². The average molecular weight is 410 g/mol. The molecule has 9 heteroatoms. The first-order valence-corrected chi connectivity index (χ1v) is 8.75. The van der Waals surface area contributed by atoms with Crippen molar-refractivity contribution in [1.82, 2.24) is 10.1 Å². The number of hydrogen-bond donors (Lipinski definition) is 1. The molecule has 0 spiro atoms. The zero-order valence-electron chi connectivity index (χ0n) is 14.5. The highest BCUT2D eigenvalue weighted by Gasteiger charge is 2.30. The summed E-state index contributed by atoms with van der Waals surface area (Å²) in [5.74, 6) is 0.306. The van der Waals surface area contributed by atoms with Crippen LogP contribution in [0.1, 0.15) is 24.3 Å². The Morgan fingerprint density at radius 2 is 1.93 bits per heavy atom. The second-order valence-corrected chi connectivity index (χ2v) is 6.38. The SMILES string of the molecule is O=C(CCCc1nc(-c2ccccc2Cl)no1)Nc1cccc(C(F)(F)F)c1. The normalized spacial score (nSPS) is 11.4. The van der Waals surface area contributed by atoms with Gasteiger partial charge in [-0.15, -0.1) is 0 Å². The molecule has 1 aromatic heterocycles. The summed E-state index contributed by atoms with van der Waals surface area (Å²) in [6.07, 6.45) is -3.61. The topological polar surface area (TPSA) is 68.0 Å². The van der Waals surface area contributed by atoms with Crippen LogP contribution in [0.4, 0.5) is 18.9 Å². The summed E-state index contributed by atoms with van der Waals surface area (Å²) in [5.41, 5.74) is -0.0802. The van der Waals surface area contributed by atoms with Gasteiger partial charge in [0.25, 0.3) is 0 Å². The number of halogens is 4. The number of benzene rings is 2. The first-order valence-electron chi connectivity index (χ1n) is 8.37. The summed E-state index contributed by atoms with van der Waals surface area (Å²) in [6.45, 7) is 0. The van der Waals surface area contributed by atoms with Crippen molar-refractivity contribution in [2.24, 2.45) is 0 Å². The highest BCUT2D eigenvalue weighted by atomic mass is 35.5. The Kier molecular flexibility index (Phi) is 5.99. The third-order valence-electron chi connectivity index (χ3n) is 3.85. The van der Waals surface area contributed by atoms with Crippen LogP contribution in [0.5, 0.6) is 0 Å². The third kappa shape index (κ3) is 5.10. The minimum Gasteiger partial charge on any atom is -0.339 e. The number of carbonyl (C=O) groups is 1. The van der Waals surface area contributed by atoms with E-state index in [1.807, 2.05) is 0 Å². The first kappa shape index (κ1) is 19.9. The standard InChI is InChI=1S/C19H15ClF3N3O2/c20-15-8-2-1-7-14(15)18-25-17(28-26-18)10-4-9-16(27)24-13-6-3-5-12(11-13)19(21,22)23/h1-3,5-8,11H,4,9-10H2,(H,24,27). The predicted molar refractivity (Wildman–Crippen MR) is 97.8 cm³/mol. The molecule has 0 atom stereocenters. The maximum atomic E-state index is 12.7. The van der Waals surface area contributed by atoms with Crippen LogP contribution in [0.15, 0.2) is 53.1 Å². The number of nitrogens with zero attached hydrogens (tertiary/aromatic N) is 2. The summed E-state index contributed by atoms with van der Waals surface area (Å²) in [5, 5.41) is 6.82. The lowest BCUT2D eigenvalue weighted by atomic mass is 10.2. The van der Waals surface area contributed by atoms with E-state index in [-0.39, 0.29) is 12.1 Å². The number of hydrogen-bond acceptors (Lipinski definition) is 4. The van der Waals surface area contributed by atoms with Crippen molar-refractivity contribution in [3.05, 3.63) is 65.0 Å². The van der Waals surface area contributed by atoms with Gasteiger partial charge in [-0.2, -0.15) is 18.2 Å². The van der Waals surface area contributed by atoms with Crippen LogP contribution < -0.4 is 5.32 Å². The summed E-state index contributed by atoms with van der Waals surface area (Å²) in [7, 11) is 0. The molecular formula is C19H15ClF3N3O2. The largest absolute Gasteiger partial charge is 0.416 e. The smallest absolute Gasteiger partial charge is 0.339 e. The number of carbonyl (C=O) groups excluding carboxylic acids is 1. The molecule has 0 saturated carbocycles. The van der Waals surface area contributed by atoms with Gasteiger partial charge in [0.15, 0.2) is 0 Å². The van der Waals surface area contributed by atoms with E-state index in [0.29, 0.717) is 35.1 Å². The van der Waals surface area contributed by atoms with Gasteiger partial charge in [-0.1, -0.05) is 35.0 Å². The summed E-state index contributed by atoms with van der Waals surface area (Å²) >= 11 is 6.09. The van der Waals surface area contributed by atoms with E-state index in [1.165, 1.54) is 12.1 Å².